The summed E-state index contributed by atoms with van der Waals surface area (Å²) in [5, 5.41) is 24.4. The number of anilines is 1. The van der Waals surface area contributed by atoms with Crippen molar-refractivity contribution in [2.75, 3.05) is 39.3 Å². The Labute approximate surface area is 390 Å². The van der Waals surface area contributed by atoms with Crippen LogP contribution in [0.3, 0.4) is 0 Å². The molecule has 10 rings (SSSR count). The summed E-state index contributed by atoms with van der Waals surface area (Å²) < 4.78 is 23.8. The number of cyclic esters (lactones) is 1. The summed E-state index contributed by atoms with van der Waals surface area (Å²) in [6.45, 7) is 0.447. The van der Waals surface area contributed by atoms with Gasteiger partial charge in [0, 0.05) is 24.3 Å². The molecule has 2 amide bonds. The summed E-state index contributed by atoms with van der Waals surface area (Å²) in [5.41, 5.74) is 2.92. The largest absolute Gasteiger partial charge is 0.493 e. The molecule has 0 unspecified atom stereocenters. The van der Waals surface area contributed by atoms with E-state index in [2.05, 4.69) is 22.1 Å². The Morgan fingerprint density at radius 1 is 0.806 bits per heavy atom. The molecule has 3 N–H and O–H groups in total. The van der Waals surface area contributed by atoms with E-state index in [4.69, 9.17) is 18.9 Å². The zero-order valence-electron chi connectivity index (χ0n) is 37.8. The van der Waals surface area contributed by atoms with Crippen molar-refractivity contribution in [3.8, 4) is 29.1 Å². The van der Waals surface area contributed by atoms with Crippen LogP contribution in [-0.4, -0.2) is 83.4 Å². The number of fused-ring (bicyclic) bond motifs is 4. The van der Waals surface area contributed by atoms with Gasteiger partial charge >= 0.3 is 5.97 Å². The molecule has 0 radical (unpaired) electrons. The Balaban J connectivity index is 1.21. The van der Waals surface area contributed by atoms with Crippen LogP contribution in [0.5, 0.6) is 17.2 Å². The van der Waals surface area contributed by atoms with Gasteiger partial charge in [-0.2, -0.15) is 0 Å². The van der Waals surface area contributed by atoms with E-state index >= 15 is 14.4 Å². The molecule has 12 nitrogen and oxygen atoms in total. The maximum Gasteiger partial charge on any atom is 0.324 e. The first-order chi connectivity index (χ1) is 32.7. The number of rotatable bonds is 9. The van der Waals surface area contributed by atoms with Crippen LogP contribution < -0.4 is 19.5 Å². The number of methoxy groups -OCH3 is 2. The number of aliphatic hydroxyl groups is 2. The van der Waals surface area contributed by atoms with Crippen LogP contribution in [0.25, 0.3) is 0 Å². The minimum absolute atomic E-state index is 0.0878. The number of hydrogen-bond donors (Lipinski definition) is 3. The standard InChI is InChI=1S/C55H55N3O9/c1-64-44-32-39-24-28-57(34-40(39)33-45(44)65-2)51(60)46-48-52(61)67-49(37-15-9-6-10-16-37)47(36-13-7-5-8-14-36)58(48)50(38-18-20-41(21-19-38)66-30-29-59)55(46)42-31-35(17-22-43(42)56-53(55)62)23-27-54(63)25-11-3-4-12-26-54/h5-10,13-22,31-33,46-50,59,63H,3-4,11-12,24-26,28-30,34H2,1-2H3,(H,56,62)/t46-,47-,48-,49+,50+,55-/m0/s1. The fourth-order valence-corrected chi connectivity index (χ4v) is 11.5. The first kappa shape index (κ1) is 44.2. The first-order valence-corrected chi connectivity index (χ1v) is 23.3. The quantitative estimate of drug-likeness (QED) is 0.0779. The van der Waals surface area contributed by atoms with Gasteiger partial charge in [-0.25, -0.2) is 0 Å². The molecule has 0 bridgehead atoms. The molecule has 5 aromatic carbocycles. The fourth-order valence-electron chi connectivity index (χ4n) is 11.5. The number of benzene rings is 5. The highest BCUT2D eigenvalue weighted by Gasteiger charge is 2.74. The van der Waals surface area contributed by atoms with Gasteiger partial charge in [-0.05, 0) is 108 Å². The Hall–Kier alpha value is -6.65. The molecule has 12 heteroatoms. The maximum atomic E-state index is 16.2. The van der Waals surface area contributed by atoms with E-state index < -0.39 is 53.0 Å². The number of hydrogen-bond acceptors (Lipinski definition) is 10. The number of nitrogens with zero attached hydrogens (tertiary/aromatic N) is 2. The summed E-state index contributed by atoms with van der Waals surface area (Å²) in [6.07, 6.45) is 4.69. The van der Waals surface area contributed by atoms with Gasteiger partial charge in [-0.3, -0.25) is 19.3 Å². The molecule has 6 atom stereocenters. The third-order valence-electron chi connectivity index (χ3n) is 14.5. The summed E-state index contributed by atoms with van der Waals surface area (Å²) in [5.74, 6) is 5.45. The van der Waals surface area contributed by atoms with E-state index in [1.54, 1.807) is 31.3 Å². The van der Waals surface area contributed by atoms with Crippen LogP contribution in [0.4, 0.5) is 5.69 Å². The normalized spacial score (nSPS) is 25.1. The molecular weight excluding hydrogens is 847 g/mol. The number of ether oxygens (including phenoxy) is 4. The van der Waals surface area contributed by atoms with Gasteiger partial charge in [0.05, 0.1) is 38.8 Å². The number of carbonyl (C=O) groups is 3. The second kappa shape index (κ2) is 18.2. The Morgan fingerprint density at radius 3 is 2.15 bits per heavy atom. The van der Waals surface area contributed by atoms with Crippen molar-refractivity contribution in [3.63, 3.8) is 0 Å². The van der Waals surface area contributed by atoms with Crippen LogP contribution >= 0.6 is 0 Å². The molecule has 67 heavy (non-hydrogen) atoms. The summed E-state index contributed by atoms with van der Waals surface area (Å²) >= 11 is 0. The molecule has 4 heterocycles. The zero-order valence-corrected chi connectivity index (χ0v) is 37.8. The van der Waals surface area contributed by atoms with Gasteiger partial charge in [0.2, 0.25) is 11.8 Å². The first-order valence-electron chi connectivity index (χ1n) is 23.3. The van der Waals surface area contributed by atoms with Crippen molar-refractivity contribution in [3.05, 3.63) is 154 Å². The summed E-state index contributed by atoms with van der Waals surface area (Å²) in [7, 11) is 3.17. The predicted octanol–water partition coefficient (Wildman–Crippen LogP) is 7.37. The van der Waals surface area contributed by atoms with Crippen LogP contribution in [0.15, 0.2) is 115 Å². The average Bonchev–Trinajstić information content (AvgIpc) is 3.73. The van der Waals surface area contributed by atoms with E-state index in [1.165, 1.54) is 0 Å². The number of morpholine rings is 1. The molecule has 0 aromatic heterocycles. The van der Waals surface area contributed by atoms with E-state index in [-0.39, 0.29) is 25.7 Å². The van der Waals surface area contributed by atoms with Gasteiger partial charge in [0.1, 0.15) is 35.5 Å². The number of nitrogens with one attached hydrogen (secondary N) is 1. The maximum absolute atomic E-state index is 16.2. The highest BCUT2D eigenvalue weighted by Crippen LogP contribution is 2.65. The van der Waals surface area contributed by atoms with Gasteiger partial charge in [-0.1, -0.05) is 97.5 Å². The van der Waals surface area contributed by atoms with Crippen LogP contribution in [0.2, 0.25) is 0 Å². The zero-order chi connectivity index (χ0) is 46.3. The van der Waals surface area contributed by atoms with Crippen molar-refractivity contribution in [1.29, 1.82) is 0 Å². The number of amides is 2. The molecule has 1 saturated carbocycles. The molecule has 4 aliphatic heterocycles. The summed E-state index contributed by atoms with van der Waals surface area (Å²) in [6, 6.07) is 33.3. The third kappa shape index (κ3) is 7.78. The van der Waals surface area contributed by atoms with Gasteiger partial charge in [0.25, 0.3) is 0 Å². The number of carbonyl (C=O) groups excluding carboxylic acids is 3. The minimum atomic E-state index is -1.73. The minimum Gasteiger partial charge on any atom is -0.493 e. The molecule has 5 aromatic rings. The van der Waals surface area contributed by atoms with E-state index in [0.29, 0.717) is 65.4 Å². The topological polar surface area (TPSA) is 147 Å². The Kier molecular flexibility index (Phi) is 12.0. The lowest BCUT2D eigenvalue weighted by Gasteiger charge is -2.46. The van der Waals surface area contributed by atoms with Crippen LogP contribution in [0.1, 0.15) is 95.7 Å². The van der Waals surface area contributed by atoms with Crippen molar-refractivity contribution in [2.24, 2.45) is 5.92 Å². The van der Waals surface area contributed by atoms with E-state index in [1.807, 2.05) is 103 Å². The van der Waals surface area contributed by atoms with E-state index in [0.717, 1.165) is 47.9 Å². The molecule has 5 aliphatic rings. The van der Waals surface area contributed by atoms with Crippen molar-refractivity contribution in [1.82, 2.24) is 9.80 Å². The molecule has 1 spiro atoms. The van der Waals surface area contributed by atoms with Gasteiger partial charge in [0.15, 0.2) is 11.5 Å². The lowest BCUT2D eigenvalue weighted by molar-refractivity contribution is -0.179. The summed E-state index contributed by atoms with van der Waals surface area (Å²) in [4.78, 5) is 51.3. The number of esters is 1. The lowest BCUT2D eigenvalue weighted by atomic mass is 9.64. The van der Waals surface area contributed by atoms with Crippen molar-refractivity contribution < 1.29 is 43.5 Å². The highest BCUT2D eigenvalue weighted by atomic mass is 16.6. The third-order valence-corrected chi connectivity index (χ3v) is 14.5. The predicted molar refractivity (Wildman–Crippen MR) is 250 cm³/mol. The van der Waals surface area contributed by atoms with Gasteiger partial charge in [-0.15, -0.1) is 0 Å². The molecule has 3 fully saturated rings. The highest BCUT2D eigenvalue weighted by molar-refractivity contribution is 6.12. The molecule has 344 valence electrons. The second-order valence-corrected chi connectivity index (χ2v) is 18.3. The van der Waals surface area contributed by atoms with Crippen LogP contribution in [0, 0.1) is 17.8 Å². The monoisotopic (exact) mass is 901 g/mol. The Morgan fingerprint density at radius 2 is 1.48 bits per heavy atom. The molecule has 1 aliphatic carbocycles. The fraction of sp³-hybridized carbons (Fsp3) is 0.364. The van der Waals surface area contributed by atoms with Crippen molar-refractivity contribution >= 4 is 23.5 Å². The lowest BCUT2D eigenvalue weighted by Crippen LogP contribution is -2.56. The molecule has 2 saturated heterocycles. The Bertz CT molecular complexity index is 2730. The van der Waals surface area contributed by atoms with Crippen LogP contribution in [-0.2, 0) is 37.5 Å². The SMILES string of the molecule is COc1cc2c(cc1OC)CN(C(=O)[C@@H]1[C@H]3C(=O)O[C@H](c4ccccc4)[C@H](c4ccccc4)N3[C@H](c3ccc(OCCO)cc3)[C@@]13C(=O)Nc1ccc(C#CC4(O)CCCCCC4)cc13)CC2. The van der Waals surface area contributed by atoms with Gasteiger partial charge < -0.3 is 39.4 Å². The smallest absolute Gasteiger partial charge is 0.324 e. The van der Waals surface area contributed by atoms with Crippen molar-refractivity contribution in [2.45, 2.75) is 86.7 Å². The average molecular weight is 902 g/mol. The number of aliphatic hydroxyl groups excluding tert-OH is 1. The molecular formula is C55H55N3O9. The van der Waals surface area contributed by atoms with E-state index in [9.17, 15) is 10.2 Å². The second-order valence-electron chi connectivity index (χ2n) is 18.3.